The molecule has 0 radical (unpaired) electrons. The van der Waals surface area contributed by atoms with Crippen LogP contribution in [-0.4, -0.2) is 22.2 Å². The molecule has 0 aromatic heterocycles. The highest BCUT2D eigenvalue weighted by Crippen LogP contribution is 2.32. The highest BCUT2D eigenvalue weighted by molar-refractivity contribution is 5.80. The van der Waals surface area contributed by atoms with Crippen molar-refractivity contribution in [1.29, 1.82) is 0 Å². The van der Waals surface area contributed by atoms with Crippen LogP contribution in [0.25, 0.3) is 0 Å². The third-order valence-electron chi connectivity index (χ3n) is 3.57. The molecule has 0 amide bonds. The monoisotopic (exact) mass is 244 g/mol. The number of aliphatic carboxylic acids is 2. The van der Waals surface area contributed by atoms with Gasteiger partial charge in [0.25, 0.3) is 0 Å². The van der Waals surface area contributed by atoms with E-state index < -0.39 is 23.8 Å². The summed E-state index contributed by atoms with van der Waals surface area (Å²) in [5.74, 6) is -3.78. The molecule has 17 heavy (non-hydrogen) atoms. The van der Waals surface area contributed by atoms with E-state index in [4.69, 9.17) is 0 Å². The lowest BCUT2D eigenvalue weighted by Crippen LogP contribution is -2.38. The molecule has 0 bridgehead atoms. The molecule has 0 heterocycles. The Labute approximate surface area is 103 Å². The van der Waals surface area contributed by atoms with Crippen molar-refractivity contribution in [2.24, 2.45) is 23.7 Å². The van der Waals surface area contributed by atoms with Gasteiger partial charge < -0.3 is 10.2 Å². The second-order valence-electron chi connectivity index (χ2n) is 4.88. The molecule has 0 aliphatic rings. The molecule has 4 nitrogen and oxygen atoms in total. The number of carboxylic acid groups (broad SMARTS) is 2. The zero-order chi connectivity index (χ0) is 13.6. The highest BCUT2D eigenvalue weighted by Gasteiger charge is 2.39. The molecular formula is C13H24O4. The Kier molecular flexibility index (Phi) is 6.85. The number of rotatable bonds is 8. The Morgan fingerprint density at radius 3 is 1.65 bits per heavy atom. The Hall–Kier alpha value is -1.06. The minimum Gasteiger partial charge on any atom is -0.481 e. The van der Waals surface area contributed by atoms with Gasteiger partial charge in [0.15, 0.2) is 0 Å². The summed E-state index contributed by atoms with van der Waals surface area (Å²) in [5, 5.41) is 18.5. The first kappa shape index (κ1) is 15.9. The van der Waals surface area contributed by atoms with E-state index in [-0.39, 0.29) is 11.8 Å². The first-order valence-corrected chi connectivity index (χ1v) is 6.32. The fourth-order valence-corrected chi connectivity index (χ4v) is 2.39. The van der Waals surface area contributed by atoms with Gasteiger partial charge >= 0.3 is 11.9 Å². The van der Waals surface area contributed by atoms with Crippen molar-refractivity contribution >= 4 is 11.9 Å². The van der Waals surface area contributed by atoms with Crippen LogP contribution in [0.5, 0.6) is 0 Å². The number of hydrogen-bond donors (Lipinski definition) is 2. The van der Waals surface area contributed by atoms with E-state index in [0.717, 1.165) is 12.8 Å². The maximum atomic E-state index is 11.3. The third-order valence-corrected chi connectivity index (χ3v) is 3.57. The zero-order valence-corrected chi connectivity index (χ0v) is 11.1. The Bertz CT molecular complexity index is 262. The number of carbonyl (C=O) groups is 2. The Morgan fingerprint density at radius 1 is 0.941 bits per heavy atom. The van der Waals surface area contributed by atoms with E-state index in [1.54, 1.807) is 0 Å². The van der Waals surface area contributed by atoms with E-state index in [1.165, 1.54) is 0 Å². The second kappa shape index (κ2) is 7.30. The van der Waals surface area contributed by atoms with Crippen molar-refractivity contribution in [2.45, 2.75) is 47.0 Å². The smallest absolute Gasteiger partial charge is 0.307 e. The van der Waals surface area contributed by atoms with Crippen molar-refractivity contribution < 1.29 is 19.8 Å². The summed E-state index contributed by atoms with van der Waals surface area (Å²) < 4.78 is 0. The van der Waals surface area contributed by atoms with Crippen LogP contribution in [0, 0.1) is 23.7 Å². The molecule has 0 aromatic carbocycles. The van der Waals surface area contributed by atoms with Gasteiger partial charge in [-0.25, -0.2) is 0 Å². The number of carboxylic acids is 2. The summed E-state index contributed by atoms with van der Waals surface area (Å²) in [6.07, 6.45) is 2.30. The van der Waals surface area contributed by atoms with Crippen molar-refractivity contribution in [3.8, 4) is 0 Å². The maximum absolute atomic E-state index is 11.3. The van der Waals surface area contributed by atoms with Gasteiger partial charge in [0.1, 0.15) is 0 Å². The van der Waals surface area contributed by atoms with E-state index in [0.29, 0.717) is 6.42 Å². The zero-order valence-electron chi connectivity index (χ0n) is 11.1. The van der Waals surface area contributed by atoms with Gasteiger partial charge in [0.2, 0.25) is 0 Å². The lowest BCUT2D eigenvalue weighted by Gasteiger charge is -2.29. The molecular weight excluding hydrogens is 220 g/mol. The van der Waals surface area contributed by atoms with Crippen LogP contribution in [0.2, 0.25) is 0 Å². The highest BCUT2D eigenvalue weighted by atomic mass is 16.4. The lowest BCUT2D eigenvalue weighted by atomic mass is 9.74. The van der Waals surface area contributed by atoms with Crippen LogP contribution in [0.3, 0.4) is 0 Å². The van der Waals surface area contributed by atoms with E-state index in [1.807, 2.05) is 27.7 Å². The summed E-state index contributed by atoms with van der Waals surface area (Å²) in [4.78, 5) is 22.6. The molecule has 100 valence electrons. The summed E-state index contributed by atoms with van der Waals surface area (Å²) in [7, 11) is 0. The largest absolute Gasteiger partial charge is 0.481 e. The second-order valence-corrected chi connectivity index (χ2v) is 4.88. The molecule has 0 rings (SSSR count). The van der Waals surface area contributed by atoms with Crippen LogP contribution >= 0.6 is 0 Å². The number of hydrogen-bond acceptors (Lipinski definition) is 2. The normalized spacial score (nSPS) is 18.1. The average molecular weight is 244 g/mol. The first-order chi connectivity index (χ1) is 7.86. The van der Waals surface area contributed by atoms with Crippen molar-refractivity contribution in [1.82, 2.24) is 0 Å². The Balaban J connectivity index is 5.09. The molecule has 2 N–H and O–H groups in total. The lowest BCUT2D eigenvalue weighted by molar-refractivity contribution is -0.158. The van der Waals surface area contributed by atoms with Crippen molar-refractivity contribution in [2.75, 3.05) is 0 Å². The summed E-state index contributed by atoms with van der Waals surface area (Å²) in [6, 6.07) is 0. The van der Waals surface area contributed by atoms with E-state index >= 15 is 0 Å². The average Bonchev–Trinajstić information content (AvgIpc) is 2.23. The fourth-order valence-electron chi connectivity index (χ4n) is 2.39. The molecule has 0 spiro atoms. The molecule has 0 aliphatic heterocycles. The van der Waals surface area contributed by atoms with Gasteiger partial charge in [-0.15, -0.1) is 0 Å². The predicted molar refractivity (Wildman–Crippen MR) is 65.8 cm³/mol. The Morgan fingerprint density at radius 2 is 1.35 bits per heavy atom. The quantitative estimate of drug-likeness (QED) is 0.688. The van der Waals surface area contributed by atoms with Gasteiger partial charge in [-0.2, -0.15) is 0 Å². The van der Waals surface area contributed by atoms with Crippen molar-refractivity contribution in [3.05, 3.63) is 0 Å². The predicted octanol–water partition coefficient (Wildman–Crippen LogP) is 2.87. The third kappa shape index (κ3) is 4.36. The summed E-state index contributed by atoms with van der Waals surface area (Å²) in [6.45, 7) is 7.52. The summed E-state index contributed by atoms with van der Waals surface area (Å²) in [5.41, 5.74) is 0. The molecule has 4 heteroatoms. The van der Waals surface area contributed by atoms with Crippen LogP contribution in [0.1, 0.15) is 47.0 Å². The molecule has 0 aliphatic carbocycles. The maximum Gasteiger partial charge on any atom is 0.307 e. The van der Waals surface area contributed by atoms with Crippen LogP contribution < -0.4 is 0 Å². The van der Waals surface area contributed by atoms with Gasteiger partial charge in [-0.3, -0.25) is 9.59 Å². The van der Waals surface area contributed by atoms with Gasteiger partial charge in [-0.1, -0.05) is 47.0 Å². The SMILES string of the molecule is CCCC(C)C(C(=O)O)C(C(=O)O)C(C)CC. The first-order valence-electron chi connectivity index (χ1n) is 6.32. The van der Waals surface area contributed by atoms with Crippen LogP contribution in [0.15, 0.2) is 0 Å². The van der Waals surface area contributed by atoms with Gasteiger partial charge in [0, 0.05) is 0 Å². The van der Waals surface area contributed by atoms with Crippen LogP contribution in [0.4, 0.5) is 0 Å². The van der Waals surface area contributed by atoms with Gasteiger partial charge in [-0.05, 0) is 11.8 Å². The summed E-state index contributed by atoms with van der Waals surface area (Å²) >= 11 is 0. The molecule has 0 saturated heterocycles. The standard InChI is InChI=1S/C13H24O4/c1-5-7-9(4)11(13(16)17)10(12(14)15)8(3)6-2/h8-11H,5-7H2,1-4H3,(H,14,15)(H,16,17). The molecule has 4 atom stereocenters. The minimum absolute atomic E-state index is 0.104. The van der Waals surface area contributed by atoms with Gasteiger partial charge in [0.05, 0.1) is 11.8 Å². The van der Waals surface area contributed by atoms with E-state index in [2.05, 4.69) is 0 Å². The van der Waals surface area contributed by atoms with Crippen LogP contribution in [-0.2, 0) is 9.59 Å². The molecule has 0 aromatic rings. The molecule has 0 saturated carbocycles. The molecule has 0 fully saturated rings. The van der Waals surface area contributed by atoms with Crippen molar-refractivity contribution in [3.63, 3.8) is 0 Å². The van der Waals surface area contributed by atoms with E-state index in [9.17, 15) is 19.8 Å². The minimum atomic E-state index is -0.991. The fraction of sp³-hybridized carbons (Fsp3) is 0.846. The topological polar surface area (TPSA) is 74.6 Å². The molecule has 4 unspecified atom stereocenters.